The average molecular weight is 223 g/mol. The van der Waals surface area contributed by atoms with Crippen molar-refractivity contribution in [2.24, 2.45) is 0 Å². The largest absolute Gasteiger partial charge is 0.503 e. The molecule has 0 unspecified atom stereocenters. The van der Waals surface area contributed by atoms with E-state index in [1.54, 1.807) is 0 Å². The minimum atomic E-state index is -0.965. The lowest BCUT2D eigenvalue weighted by Gasteiger charge is -2.13. The second-order valence-electron chi connectivity index (χ2n) is 3.70. The number of hydrogen-bond acceptors (Lipinski definition) is 4. The molecule has 1 heterocycles. The zero-order valence-corrected chi connectivity index (χ0v) is 9.33. The molecule has 0 fully saturated rings. The van der Waals surface area contributed by atoms with Crippen LogP contribution in [0.1, 0.15) is 31.0 Å². The number of pyridine rings is 1. The molecule has 0 aliphatic carbocycles. The normalized spacial score (nSPS) is 10.5. The van der Waals surface area contributed by atoms with Gasteiger partial charge in [-0.2, -0.15) is 0 Å². The van der Waals surface area contributed by atoms with Crippen molar-refractivity contribution in [1.29, 1.82) is 0 Å². The Kier molecular flexibility index (Phi) is 3.27. The molecule has 0 aliphatic heterocycles. The number of aromatic hydroxyl groups is 1. The molecule has 0 atom stereocenters. The van der Waals surface area contributed by atoms with Crippen LogP contribution in [0.2, 0.25) is 0 Å². The Balaban J connectivity index is 3.43. The van der Waals surface area contributed by atoms with Crippen molar-refractivity contribution in [1.82, 2.24) is 4.98 Å². The van der Waals surface area contributed by atoms with Crippen molar-refractivity contribution < 1.29 is 14.7 Å². The van der Waals surface area contributed by atoms with E-state index < -0.39 is 17.1 Å². The molecule has 0 spiro atoms. The highest BCUT2D eigenvalue weighted by Crippen LogP contribution is 2.19. The van der Waals surface area contributed by atoms with Crippen LogP contribution in [0.4, 0.5) is 0 Å². The molecule has 0 radical (unpaired) electrons. The van der Waals surface area contributed by atoms with Crippen LogP contribution < -0.4 is 5.43 Å². The van der Waals surface area contributed by atoms with E-state index in [-0.39, 0.29) is 22.8 Å². The van der Waals surface area contributed by atoms with E-state index in [0.717, 1.165) is 6.20 Å². The Morgan fingerprint density at radius 1 is 1.31 bits per heavy atom. The minimum absolute atomic E-state index is 0.190. The van der Waals surface area contributed by atoms with Crippen LogP contribution in [0.25, 0.3) is 0 Å². The van der Waals surface area contributed by atoms with Gasteiger partial charge in [-0.1, -0.05) is 0 Å². The Bertz CT molecular complexity index is 487. The van der Waals surface area contributed by atoms with Gasteiger partial charge < -0.3 is 10.1 Å². The van der Waals surface area contributed by atoms with Gasteiger partial charge in [0.2, 0.25) is 5.43 Å². The molecule has 1 rings (SSSR count). The third kappa shape index (κ3) is 2.03. The summed E-state index contributed by atoms with van der Waals surface area (Å²) in [5.41, 5.74) is -0.126. The Morgan fingerprint density at radius 3 is 2.25 bits per heavy atom. The van der Waals surface area contributed by atoms with Crippen LogP contribution in [0.15, 0.2) is 11.0 Å². The second-order valence-corrected chi connectivity index (χ2v) is 3.70. The molecular formula is C11H13NO4. The van der Waals surface area contributed by atoms with Gasteiger partial charge >= 0.3 is 0 Å². The first-order valence-electron chi connectivity index (χ1n) is 4.78. The molecule has 86 valence electrons. The molecule has 0 bridgehead atoms. The number of hydrogen-bond donors (Lipinski definition) is 2. The Hall–Kier alpha value is -1.91. The number of Topliss-reactive ketones (excluding diaryl/α,β-unsaturated/α-hetero) is 2. The van der Waals surface area contributed by atoms with Gasteiger partial charge in [0.15, 0.2) is 5.75 Å². The first-order chi connectivity index (χ1) is 7.36. The lowest BCUT2D eigenvalue weighted by Crippen LogP contribution is -2.22. The van der Waals surface area contributed by atoms with E-state index in [1.807, 2.05) is 0 Å². The number of carbonyl (C=O) groups is 2. The van der Waals surface area contributed by atoms with Gasteiger partial charge in [0.25, 0.3) is 0 Å². The van der Waals surface area contributed by atoms with Crippen LogP contribution in [-0.4, -0.2) is 21.7 Å². The predicted molar refractivity (Wildman–Crippen MR) is 57.6 cm³/mol. The fraction of sp³-hybridized carbons (Fsp3) is 0.364. The fourth-order valence-electron chi connectivity index (χ4n) is 1.63. The number of aromatic amines is 1. The highest BCUT2D eigenvalue weighted by atomic mass is 16.3. The van der Waals surface area contributed by atoms with Gasteiger partial charge in [-0.25, -0.2) is 0 Å². The number of carbonyl (C=O) groups excluding carboxylic acids is 2. The zero-order valence-electron chi connectivity index (χ0n) is 9.33. The maximum atomic E-state index is 11.4. The van der Waals surface area contributed by atoms with Gasteiger partial charge in [0.05, 0.1) is 0 Å². The first-order valence-corrected chi connectivity index (χ1v) is 4.78. The molecule has 0 saturated heterocycles. The molecule has 5 nitrogen and oxygen atoms in total. The third-order valence-electron chi connectivity index (χ3n) is 2.44. The van der Waals surface area contributed by atoms with Crippen molar-refractivity contribution in [3.05, 3.63) is 27.7 Å². The van der Waals surface area contributed by atoms with E-state index in [9.17, 15) is 14.4 Å². The zero-order chi connectivity index (χ0) is 12.5. The van der Waals surface area contributed by atoms with Crippen molar-refractivity contribution in [3.8, 4) is 5.75 Å². The number of ketones is 2. The molecule has 2 N–H and O–H groups in total. The van der Waals surface area contributed by atoms with Crippen molar-refractivity contribution >= 4 is 11.6 Å². The molecule has 1 aromatic rings. The molecule has 0 aliphatic rings. The molecular weight excluding hydrogens is 210 g/mol. The van der Waals surface area contributed by atoms with Gasteiger partial charge in [-0.15, -0.1) is 0 Å². The number of H-pyrrole nitrogens is 1. The summed E-state index contributed by atoms with van der Waals surface area (Å²) in [5, 5.41) is 9.17. The maximum absolute atomic E-state index is 11.4. The molecule has 5 heteroatoms. The summed E-state index contributed by atoms with van der Waals surface area (Å²) in [6.45, 7) is 4.04. The third-order valence-corrected chi connectivity index (χ3v) is 2.44. The average Bonchev–Trinajstić information content (AvgIpc) is 2.17. The van der Waals surface area contributed by atoms with E-state index in [0.29, 0.717) is 0 Å². The van der Waals surface area contributed by atoms with E-state index in [1.165, 1.54) is 20.8 Å². The molecule has 0 aromatic carbocycles. The number of aromatic nitrogens is 1. The summed E-state index contributed by atoms with van der Waals surface area (Å²) in [4.78, 5) is 36.7. The van der Waals surface area contributed by atoms with Crippen molar-refractivity contribution in [2.45, 2.75) is 26.7 Å². The number of rotatable bonds is 3. The van der Waals surface area contributed by atoms with E-state index in [2.05, 4.69) is 4.98 Å². The maximum Gasteiger partial charge on any atom is 0.226 e. The quantitative estimate of drug-likeness (QED) is 0.736. The van der Waals surface area contributed by atoms with Gasteiger partial charge in [-0.05, 0) is 20.8 Å². The lowest BCUT2D eigenvalue weighted by molar-refractivity contribution is -0.127. The topological polar surface area (TPSA) is 87.2 Å². The summed E-state index contributed by atoms with van der Waals surface area (Å²) < 4.78 is 0. The van der Waals surface area contributed by atoms with E-state index >= 15 is 0 Å². The van der Waals surface area contributed by atoms with Crippen molar-refractivity contribution in [3.63, 3.8) is 0 Å². The second kappa shape index (κ2) is 4.30. The van der Waals surface area contributed by atoms with Crippen LogP contribution in [-0.2, 0) is 9.59 Å². The highest BCUT2D eigenvalue weighted by molar-refractivity contribution is 6.05. The van der Waals surface area contributed by atoms with Gasteiger partial charge in [0, 0.05) is 17.5 Å². The summed E-state index contributed by atoms with van der Waals surface area (Å²) in [7, 11) is 0. The molecule has 1 aromatic heterocycles. The predicted octanol–water partition coefficient (Wildman–Crippen LogP) is 0.651. The molecule has 0 saturated carbocycles. The monoisotopic (exact) mass is 223 g/mol. The lowest BCUT2D eigenvalue weighted by atomic mass is 9.93. The molecule has 16 heavy (non-hydrogen) atoms. The van der Waals surface area contributed by atoms with E-state index in [4.69, 9.17) is 5.11 Å². The first kappa shape index (κ1) is 12.2. The van der Waals surface area contributed by atoms with Crippen molar-refractivity contribution in [2.75, 3.05) is 0 Å². The van der Waals surface area contributed by atoms with Crippen LogP contribution in [0.3, 0.4) is 0 Å². The summed E-state index contributed by atoms with van der Waals surface area (Å²) in [5.74, 6) is -2.06. The Labute approximate surface area is 92.1 Å². The minimum Gasteiger partial charge on any atom is -0.503 e. The standard InChI is InChI=1S/C11H13NO4/c1-5-10(9(6(2)13)7(3)14)12-4-8(15)11(5)16/h4,9,15H,1-3H3,(H,12,16). The summed E-state index contributed by atoms with van der Waals surface area (Å²) >= 11 is 0. The van der Waals surface area contributed by atoms with Crippen LogP contribution >= 0.6 is 0 Å². The van der Waals surface area contributed by atoms with Gasteiger partial charge in [-0.3, -0.25) is 14.4 Å². The van der Waals surface area contributed by atoms with Crippen LogP contribution in [0.5, 0.6) is 5.75 Å². The highest BCUT2D eigenvalue weighted by Gasteiger charge is 2.25. The molecule has 0 amide bonds. The summed E-state index contributed by atoms with van der Waals surface area (Å²) in [6, 6.07) is 0. The fourth-order valence-corrected chi connectivity index (χ4v) is 1.63. The number of nitrogens with one attached hydrogen (secondary N) is 1. The SMILES string of the molecule is CC(=O)C(C(C)=O)c1[nH]cc(O)c(=O)c1C. The van der Waals surface area contributed by atoms with Crippen LogP contribution in [0, 0.1) is 6.92 Å². The van der Waals surface area contributed by atoms with Gasteiger partial charge in [0.1, 0.15) is 17.5 Å². The summed E-state index contributed by atoms with van der Waals surface area (Å²) in [6.07, 6.45) is 1.09. The smallest absolute Gasteiger partial charge is 0.226 e. The Morgan fingerprint density at radius 2 is 1.81 bits per heavy atom.